The number of aromatic nitrogens is 4. The molecule has 35 heavy (non-hydrogen) atoms. The fraction of sp³-hybridized carbons (Fsp3) is 0.615. The van der Waals surface area contributed by atoms with Crippen LogP contribution in [0.5, 0.6) is 0 Å². The molecule has 3 saturated carbocycles. The van der Waals surface area contributed by atoms with Crippen molar-refractivity contribution in [2.75, 3.05) is 51.4 Å². The number of fused-ring (bicyclic) bond motifs is 1. The van der Waals surface area contributed by atoms with Gasteiger partial charge in [0.15, 0.2) is 0 Å². The molecule has 0 N–H and O–H groups in total. The topological polar surface area (TPSA) is 60.6 Å². The van der Waals surface area contributed by atoms with E-state index in [4.69, 9.17) is 31.3 Å². The molecule has 1 unspecified atom stereocenters. The standard InChI is InChI=1S/C26H33ClN6O2/c1-18(34-3)25-13-26(14-25,15-25)32-12-20(11-28-32)33-22-9-23(21(27)8-19(22)10-29-33)30-4-6-31(7-5-30)24(2)16-35-17-24/h8-12,18H,4-7,13-17H2,1-3H3. The first-order valence-corrected chi connectivity index (χ1v) is 13.1. The van der Waals surface area contributed by atoms with Gasteiger partial charge in [-0.2, -0.15) is 10.2 Å². The van der Waals surface area contributed by atoms with Gasteiger partial charge in [0.2, 0.25) is 0 Å². The average molecular weight is 497 g/mol. The Morgan fingerprint density at radius 3 is 2.46 bits per heavy atom. The van der Waals surface area contributed by atoms with Gasteiger partial charge in [0, 0.05) is 44.1 Å². The van der Waals surface area contributed by atoms with E-state index >= 15 is 0 Å². The Kier molecular flexibility index (Phi) is 4.70. The molecule has 186 valence electrons. The van der Waals surface area contributed by atoms with Crippen molar-refractivity contribution in [3.8, 4) is 5.69 Å². The summed E-state index contributed by atoms with van der Waals surface area (Å²) in [4.78, 5) is 4.96. The van der Waals surface area contributed by atoms with Gasteiger partial charge in [-0.3, -0.25) is 9.58 Å². The molecule has 3 aromatic rings. The second-order valence-electron chi connectivity index (χ2n) is 11.5. The summed E-state index contributed by atoms with van der Waals surface area (Å²) in [6.45, 7) is 10.1. The molecule has 0 amide bonds. The number of hydrogen-bond acceptors (Lipinski definition) is 6. The average Bonchev–Trinajstić information content (AvgIpc) is 3.42. The summed E-state index contributed by atoms with van der Waals surface area (Å²) in [5.41, 5.74) is 3.84. The van der Waals surface area contributed by atoms with Crippen LogP contribution in [0.3, 0.4) is 0 Å². The smallest absolute Gasteiger partial charge is 0.103 e. The molecule has 9 heteroatoms. The number of rotatable bonds is 6. The fourth-order valence-corrected chi connectivity index (χ4v) is 7.26. The maximum Gasteiger partial charge on any atom is 0.103 e. The summed E-state index contributed by atoms with van der Waals surface area (Å²) in [6, 6.07) is 4.24. The Morgan fingerprint density at radius 2 is 1.80 bits per heavy atom. The van der Waals surface area contributed by atoms with Gasteiger partial charge < -0.3 is 14.4 Å². The molecule has 2 bridgehead atoms. The second-order valence-corrected chi connectivity index (χ2v) is 11.9. The molecule has 1 aromatic carbocycles. The molecule has 2 aromatic heterocycles. The number of nitrogens with zero attached hydrogens (tertiary/aromatic N) is 6. The molecule has 0 radical (unpaired) electrons. The van der Waals surface area contributed by atoms with E-state index in [1.165, 1.54) is 0 Å². The highest BCUT2D eigenvalue weighted by atomic mass is 35.5. The molecule has 4 heterocycles. The Balaban J connectivity index is 1.13. The summed E-state index contributed by atoms with van der Waals surface area (Å²) >= 11 is 6.76. The summed E-state index contributed by atoms with van der Waals surface area (Å²) in [7, 11) is 1.82. The van der Waals surface area contributed by atoms with Gasteiger partial charge in [0.1, 0.15) is 5.69 Å². The number of ether oxygens (including phenoxy) is 2. The van der Waals surface area contributed by atoms with Gasteiger partial charge in [0.25, 0.3) is 0 Å². The van der Waals surface area contributed by atoms with Gasteiger partial charge >= 0.3 is 0 Å². The van der Waals surface area contributed by atoms with Crippen molar-refractivity contribution < 1.29 is 9.47 Å². The van der Waals surface area contributed by atoms with E-state index in [0.29, 0.717) is 11.5 Å². The van der Waals surface area contributed by atoms with Crippen LogP contribution in [0.1, 0.15) is 33.1 Å². The number of piperazine rings is 1. The zero-order valence-electron chi connectivity index (χ0n) is 20.7. The predicted octanol–water partition coefficient (Wildman–Crippen LogP) is 3.70. The number of methoxy groups -OCH3 is 1. The SMILES string of the molecule is COC(C)C12CC(n3cc(-n4ncc5cc(Cl)c(N6CCN(C7(C)COC7)CC6)cc54)cn3)(C1)C2. The third-order valence-corrected chi connectivity index (χ3v) is 9.71. The highest BCUT2D eigenvalue weighted by molar-refractivity contribution is 6.34. The van der Waals surface area contributed by atoms with E-state index in [2.05, 4.69) is 40.6 Å². The van der Waals surface area contributed by atoms with Gasteiger partial charge in [-0.05, 0) is 45.2 Å². The van der Waals surface area contributed by atoms with Gasteiger partial charge in [0.05, 0.1) is 65.2 Å². The van der Waals surface area contributed by atoms with Gasteiger partial charge in [-0.25, -0.2) is 4.68 Å². The molecule has 5 aliphatic rings. The molecular formula is C26H33ClN6O2. The molecule has 2 aliphatic heterocycles. The Labute approximate surface area is 210 Å². The Morgan fingerprint density at radius 1 is 1.06 bits per heavy atom. The zero-order chi connectivity index (χ0) is 24.0. The first-order valence-electron chi connectivity index (χ1n) is 12.7. The molecule has 0 spiro atoms. The zero-order valence-corrected chi connectivity index (χ0v) is 21.5. The van der Waals surface area contributed by atoms with E-state index in [-0.39, 0.29) is 11.1 Å². The van der Waals surface area contributed by atoms with Crippen LogP contribution >= 0.6 is 11.6 Å². The minimum Gasteiger partial charge on any atom is -0.381 e. The minimum atomic E-state index is 0.157. The number of halogens is 1. The lowest BCUT2D eigenvalue weighted by molar-refractivity contribution is -0.246. The molecule has 8 rings (SSSR count). The third-order valence-electron chi connectivity index (χ3n) is 9.41. The van der Waals surface area contributed by atoms with Crippen LogP contribution in [0.25, 0.3) is 16.6 Å². The van der Waals surface area contributed by atoms with Crippen LogP contribution < -0.4 is 4.90 Å². The second kappa shape index (κ2) is 7.44. The van der Waals surface area contributed by atoms with Crippen LogP contribution in [0.15, 0.2) is 30.7 Å². The van der Waals surface area contributed by atoms with Crippen molar-refractivity contribution in [1.82, 2.24) is 24.5 Å². The third kappa shape index (κ3) is 3.09. The largest absolute Gasteiger partial charge is 0.381 e. The minimum absolute atomic E-state index is 0.157. The van der Waals surface area contributed by atoms with Crippen molar-refractivity contribution in [2.24, 2.45) is 5.41 Å². The number of hydrogen-bond donors (Lipinski definition) is 0. The van der Waals surface area contributed by atoms with E-state index < -0.39 is 0 Å². The van der Waals surface area contributed by atoms with Crippen LogP contribution in [0.4, 0.5) is 5.69 Å². The Hall–Kier alpha value is -2.13. The van der Waals surface area contributed by atoms with Crippen molar-refractivity contribution in [1.29, 1.82) is 0 Å². The molecule has 3 aliphatic carbocycles. The predicted molar refractivity (Wildman–Crippen MR) is 136 cm³/mol. The fourth-order valence-electron chi connectivity index (χ4n) is 6.97. The first-order chi connectivity index (χ1) is 16.8. The van der Waals surface area contributed by atoms with Gasteiger partial charge in [-0.1, -0.05) is 11.6 Å². The van der Waals surface area contributed by atoms with Crippen molar-refractivity contribution >= 4 is 28.2 Å². The Bertz CT molecular complexity index is 1270. The molecule has 8 nitrogen and oxygen atoms in total. The molecule has 5 fully saturated rings. The molecular weight excluding hydrogens is 464 g/mol. The van der Waals surface area contributed by atoms with Crippen LogP contribution in [-0.2, 0) is 15.0 Å². The van der Waals surface area contributed by atoms with E-state index in [1.807, 2.05) is 30.3 Å². The van der Waals surface area contributed by atoms with Crippen molar-refractivity contribution in [3.63, 3.8) is 0 Å². The van der Waals surface area contributed by atoms with Crippen LogP contribution in [-0.4, -0.2) is 82.6 Å². The van der Waals surface area contributed by atoms with Gasteiger partial charge in [-0.15, -0.1) is 0 Å². The maximum atomic E-state index is 6.76. The van der Waals surface area contributed by atoms with Crippen LogP contribution in [0.2, 0.25) is 5.02 Å². The molecule has 2 saturated heterocycles. The van der Waals surface area contributed by atoms with E-state index in [1.54, 1.807) is 0 Å². The normalized spacial score (nSPS) is 30.6. The van der Waals surface area contributed by atoms with Crippen molar-refractivity contribution in [3.05, 3.63) is 35.7 Å². The lowest BCUT2D eigenvalue weighted by Crippen LogP contribution is -2.71. The summed E-state index contributed by atoms with van der Waals surface area (Å²) in [5.74, 6) is 0. The quantitative estimate of drug-likeness (QED) is 0.518. The number of anilines is 1. The lowest BCUT2D eigenvalue weighted by Gasteiger charge is -2.71. The monoisotopic (exact) mass is 496 g/mol. The summed E-state index contributed by atoms with van der Waals surface area (Å²) < 4.78 is 15.3. The van der Waals surface area contributed by atoms with Crippen LogP contribution in [0, 0.1) is 5.41 Å². The summed E-state index contributed by atoms with van der Waals surface area (Å²) in [6.07, 6.45) is 9.74. The first kappa shape index (κ1) is 22.1. The van der Waals surface area contributed by atoms with E-state index in [9.17, 15) is 0 Å². The van der Waals surface area contributed by atoms with Crippen molar-refractivity contribution in [2.45, 2.75) is 50.3 Å². The molecule has 1 atom stereocenters. The highest BCUT2D eigenvalue weighted by Gasteiger charge is 2.71. The highest BCUT2D eigenvalue weighted by Crippen LogP contribution is 2.73. The summed E-state index contributed by atoms with van der Waals surface area (Å²) in [5, 5.41) is 11.3. The number of benzene rings is 1. The maximum absolute atomic E-state index is 6.76. The van der Waals surface area contributed by atoms with E-state index in [0.717, 1.165) is 86.0 Å². The lowest BCUT2D eigenvalue weighted by atomic mass is 9.37.